The van der Waals surface area contributed by atoms with Gasteiger partial charge in [-0.3, -0.25) is 19.7 Å². The molecule has 1 fully saturated rings. The van der Waals surface area contributed by atoms with Crippen LogP contribution in [0.3, 0.4) is 0 Å². The Labute approximate surface area is 227 Å². The Morgan fingerprint density at radius 3 is 2.64 bits per heavy atom. The van der Waals surface area contributed by atoms with Gasteiger partial charge in [0.25, 0.3) is 5.91 Å². The van der Waals surface area contributed by atoms with Gasteiger partial charge in [-0.1, -0.05) is 37.2 Å². The SMILES string of the molecule is C=CCN1CCN(c2cncc(-c3cn(-c4cc(C(=O)Nc5cc(C(C)(C)C)on5)cnc4C)nn3)c2)CC1. The lowest BCUT2D eigenvalue weighted by molar-refractivity contribution is 0.102. The summed E-state index contributed by atoms with van der Waals surface area (Å²) in [6.45, 7) is 16.5. The van der Waals surface area contributed by atoms with Gasteiger partial charge in [-0.05, 0) is 19.1 Å². The van der Waals surface area contributed by atoms with Crippen molar-refractivity contribution < 1.29 is 9.32 Å². The molecule has 0 radical (unpaired) electrons. The van der Waals surface area contributed by atoms with Crippen molar-refractivity contribution in [3.63, 3.8) is 0 Å². The maximum Gasteiger partial charge on any atom is 0.258 e. The quantitative estimate of drug-likeness (QED) is 0.357. The minimum Gasteiger partial charge on any atom is -0.368 e. The van der Waals surface area contributed by atoms with Crippen LogP contribution >= 0.6 is 0 Å². The minimum absolute atomic E-state index is 0.213. The molecular formula is C28H33N9O2. The minimum atomic E-state index is -0.345. The highest BCUT2D eigenvalue weighted by Crippen LogP contribution is 2.26. The van der Waals surface area contributed by atoms with Gasteiger partial charge < -0.3 is 14.7 Å². The second kappa shape index (κ2) is 10.8. The molecule has 1 saturated heterocycles. The molecule has 11 nitrogen and oxygen atoms in total. The molecule has 0 aromatic carbocycles. The molecule has 4 aromatic rings. The van der Waals surface area contributed by atoms with Crippen molar-refractivity contribution in [2.45, 2.75) is 33.1 Å². The van der Waals surface area contributed by atoms with Crippen LogP contribution in [0.4, 0.5) is 11.5 Å². The molecule has 4 aromatic heterocycles. The van der Waals surface area contributed by atoms with Crippen LogP contribution in [-0.4, -0.2) is 73.6 Å². The maximum absolute atomic E-state index is 12.9. The average Bonchev–Trinajstić information content (AvgIpc) is 3.60. The van der Waals surface area contributed by atoms with Crippen molar-refractivity contribution in [1.29, 1.82) is 0 Å². The number of carbonyl (C=O) groups excluding carboxylic acids is 1. The van der Waals surface area contributed by atoms with E-state index in [-0.39, 0.29) is 11.3 Å². The summed E-state index contributed by atoms with van der Waals surface area (Å²) < 4.78 is 7.00. The molecule has 0 spiro atoms. The molecule has 1 amide bonds. The van der Waals surface area contributed by atoms with Crippen molar-refractivity contribution in [2.75, 3.05) is 42.9 Å². The smallest absolute Gasteiger partial charge is 0.258 e. The standard InChI is InChI=1S/C28H33N9O2/c1-6-7-35-8-10-36(11-9-35)22-12-20(15-29-17-22)23-18-37(34-32-23)24-13-21(16-30-19(24)2)27(38)31-26-14-25(39-33-26)28(3,4)5/h6,12-18H,1,7-11H2,2-5H3,(H,31,33,38). The van der Waals surface area contributed by atoms with Crippen LogP contribution in [0.1, 0.15) is 42.6 Å². The van der Waals surface area contributed by atoms with Gasteiger partial charge in [0.15, 0.2) is 5.82 Å². The molecule has 0 bridgehead atoms. The van der Waals surface area contributed by atoms with E-state index in [4.69, 9.17) is 4.52 Å². The fraction of sp³-hybridized carbons (Fsp3) is 0.357. The highest BCUT2D eigenvalue weighted by molar-refractivity contribution is 6.03. The first-order chi connectivity index (χ1) is 18.7. The monoisotopic (exact) mass is 527 g/mol. The summed E-state index contributed by atoms with van der Waals surface area (Å²) in [5, 5.41) is 15.4. The topological polar surface area (TPSA) is 118 Å². The Morgan fingerprint density at radius 2 is 1.92 bits per heavy atom. The maximum atomic E-state index is 12.9. The van der Waals surface area contributed by atoms with E-state index in [1.165, 1.54) is 6.20 Å². The van der Waals surface area contributed by atoms with Gasteiger partial charge in [-0.2, -0.15) is 0 Å². The van der Waals surface area contributed by atoms with Crippen LogP contribution in [0.25, 0.3) is 16.9 Å². The predicted octanol–water partition coefficient (Wildman–Crippen LogP) is 3.88. The summed E-state index contributed by atoms with van der Waals surface area (Å²) in [4.78, 5) is 26.5. The Kier molecular flexibility index (Phi) is 7.25. The van der Waals surface area contributed by atoms with Crippen LogP contribution in [0.2, 0.25) is 0 Å². The molecular weight excluding hydrogens is 494 g/mol. The number of piperazine rings is 1. The van der Waals surface area contributed by atoms with E-state index in [1.807, 2.05) is 46.2 Å². The fourth-order valence-electron chi connectivity index (χ4n) is 4.38. The van der Waals surface area contributed by atoms with Gasteiger partial charge in [0.1, 0.15) is 11.5 Å². The molecule has 0 unspecified atom stereocenters. The molecule has 5 heterocycles. The number of pyridine rings is 2. The zero-order chi connectivity index (χ0) is 27.6. The van der Waals surface area contributed by atoms with E-state index in [0.29, 0.717) is 34.2 Å². The third kappa shape index (κ3) is 5.88. The number of rotatable bonds is 7. The Morgan fingerprint density at radius 1 is 1.13 bits per heavy atom. The summed E-state index contributed by atoms with van der Waals surface area (Å²) in [6, 6.07) is 5.55. The number of aryl methyl sites for hydroxylation is 1. The van der Waals surface area contributed by atoms with Crippen LogP contribution in [0.15, 0.2) is 60.2 Å². The lowest BCUT2D eigenvalue weighted by Crippen LogP contribution is -2.46. The Hall–Kier alpha value is -4.38. The fourth-order valence-corrected chi connectivity index (χ4v) is 4.38. The van der Waals surface area contributed by atoms with Gasteiger partial charge >= 0.3 is 0 Å². The molecule has 5 rings (SSSR count). The van der Waals surface area contributed by atoms with Crippen molar-refractivity contribution in [3.8, 4) is 16.9 Å². The normalized spacial score (nSPS) is 14.4. The van der Waals surface area contributed by atoms with Crippen molar-refractivity contribution in [2.24, 2.45) is 0 Å². The molecule has 1 aliphatic rings. The van der Waals surface area contributed by atoms with Crippen LogP contribution in [-0.2, 0) is 5.41 Å². The second-order valence-electron chi connectivity index (χ2n) is 10.7. The zero-order valence-corrected chi connectivity index (χ0v) is 22.8. The first-order valence-electron chi connectivity index (χ1n) is 12.9. The van der Waals surface area contributed by atoms with Crippen LogP contribution in [0.5, 0.6) is 0 Å². The van der Waals surface area contributed by atoms with E-state index < -0.39 is 0 Å². The summed E-state index contributed by atoms with van der Waals surface area (Å²) in [5.41, 5.74) is 4.12. The van der Waals surface area contributed by atoms with Gasteiger partial charge in [-0.25, -0.2) is 4.68 Å². The average molecular weight is 528 g/mol. The molecule has 202 valence electrons. The summed E-state index contributed by atoms with van der Waals surface area (Å²) in [6.07, 6.45) is 8.96. The van der Waals surface area contributed by atoms with E-state index in [2.05, 4.69) is 53.2 Å². The first-order valence-corrected chi connectivity index (χ1v) is 12.9. The molecule has 1 N–H and O–H groups in total. The number of hydrogen-bond acceptors (Lipinski definition) is 9. The molecule has 0 aliphatic carbocycles. The molecule has 11 heteroatoms. The Balaban J connectivity index is 1.32. The van der Waals surface area contributed by atoms with Crippen molar-refractivity contribution in [3.05, 3.63) is 72.7 Å². The Bertz CT molecular complexity index is 1480. The summed E-state index contributed by atoms with van der Waals surface area (Å²) in [5.74, 6) is 0.691. The lowest BCUT2D eigenvalue weighted by atomic mass is 9.93. The number of amides is 1. The van der Waals surface area contributed by atoms with Gasteiger partial charge in [0, 0.05) is 62.2 Å². The first kappa shape index (κ1) is 26.2. The number of aromatic nitrogens is 6. The highest BCUT2D eigenvalue weighted by atomic mass is 16.5. The zero-order valence-electron chi connectivity index (χ0n) is 22.8. The van der Waals surface area contributed by atoms with Crippen molar-refractivity contribution in [1.82, 2.24) is 35.0 Å². The number of nitrogens with one attached hydrogen (secondary N) is 1. The van der Waals surface area contributed by atoms with Gasteiger partial charge in [0.2, 0.25) is 0 Å². The van der Waals surface area contributed by atoms with E-state index in [9.17, 15) is 4.79 Å². The molecule has 0 atom stereocenters. The number of hydrogen-bond donors (Lipinski definition) is 1. The molecule has 39 heavy (non-hydrogen) atoms. The highest BCUT2D eigenvalue weighted by Gasteiger charge is 2.21. The summed E-state index contributed by atoms with van der Waals surface area (Å²) in [7, 11) is 0. The third-order valence-corrected chi connectivity index (χ3v) is 6.70. The van der Waals surface area contributed by atoms with Crippen LogP contribution in [0, 0.1) is 6.92 Å². The molecule has 0 saturated carbocycles. The number of nitrogens with zero attached hydrogens (tertiary/aromatic N) is 8. The second-order valence-corrected chi connectivity index (χ2v) is 10.7. The van der Waals surface area contributed by atoms with Gasteiger partial charge in [-0.15, -0.1) is 11.7 Å². The number of anilines is 2. The van der Waals surface area contributed by atoms with E-state index in [1.54, 1.807) is 23.0 Å². The molecule has 1 aliphatic heterocycles. The largest absolute Gasteiger partial charge is 0.368 e. The van der Waals surface area contributed by atoms with Crippen molar-refractivity contribution >= 4 is 17.4 Å². The third-order valence-electron chi connectivity index (χ3n) is 6.70. The van der Waals surface area contributed by atoms with E-state index in [0.717, 1.165) is 44.0 Å². The van der Waals surface area contributed by atoms with E-state index >= 15 is 0 Å². The lowest BCUT2D eigenvalue weighted by Gasteiger charge is -2.35. The van der Waals surface area contributed by atoms with Crippen LogP contribution < -0.4 is 10.2 Å². The predicted molar refractivity (Wildman–Crippen MR) is 149 cm³/mol. The summed E-state index contributed by atoms with van der Waals surface area (Å²) >= 11 is 0. The van der Waals surface area contributed by atoms with Gasteiger partial charge in [0.05, 0.1) is 35.0 Å². The number of carbonyl (C=O) groups is 1.